The van der Waals surface area contributed by atoms with Crippen LogP contribution in [-0.2, 0) is 6.18 Å². The molecule has 0 radical (unpaired) electrons. The summed E-state index contributed by atoms with van der Waals surface area (Å²) in [7, 11) is 0. The molecule has 0 amide bonds. The monoisotopic (exact) mass is 304 g/mol. The van der Waals surface area contributed by atoms with Crippen molar-refractivity contribution in [1.82, 2.24) is 15.2 Å². The summed E-state index contributed by atoms with van der Waals surface area (Å²) in [6.07, 6.45) is -2.93. The van der Waals surface area contributed by atoms with Crippen LogP contribution < -0.4 is 5.32 Å². The lowest BCUT2D eigenvalue weighted by molar-refractivity contribution is -0.137. The molecule has 1 aromatic heterocycles. The molecule has 112 valence electrons. The van der Waals surface area contributed by atoms with Gasteiger partial charge in [-0.2, -0.15) is 18.3 Å². The quantitative estimate of drug-likeness (QED) is 0.761. The molecule has 3 aromatic rings. The molecule has 2 aromatic carbocycles. The highest BCUT2D eigenvalue weighted by Crippen LogP contribution is 2.33. The van der Waals surface area contributed by atoms with Gasteiger partial charge in [-0.25, -0.2) is 4.98 Å². The minimum Gasteiger partial charge on any atom is -0.355 e. The fourth-order valence-corrected chi connectivity index (χ4v) is 2.05. The average molecular weight is 304 g/mol. The first-order valence-corrected chi connectivity index (χ1v) is 6.43. The standard InChI is InChI=1S/C15H11F3N4/c16-15(17,18)10-4-3-5-11(8-10)21-13-7-2-1-6-12(13)14-19-9-20-22-14/h1-9,21H,(H,19,20,22). The van der Waals surface area contributed by atoms with E-state index < -0.39 is 11.7 Å². The maximum Gasteiger partial charge on any atom is 0.416 e. The lowest BCUT2D eigenvalue weighted by atomic mass is 10.1. The summed E-state index contributed by atoms with van der Waals surface area (Å²) in [5.74, 6) is 0.468. The topological polar surface area (TPSA) is 53.6 Å². The number of benzene rings is 2. The Labute approximate surface area is 124 Å². The van der Waals surface area contributed by atoms with Gasteiger partial charge in [-0.05, 0) is 30.3 Å². The number of aromatic nitrogens is 3. The number of halogens is 3. The van der Waals surface area contributed by atoms with Crippen LogP contribution >= 0.6 is 0 Å². The molecule has 0 aliphatic carbocycles. The second-order valence-corrected chi connectivity index (χ2v) is 4.57. The summed E-state index contributed by atoms with van der Waals surface area (Å²) in [6.45, 7) is 0. The van der Waals surface area contributed by atoms with Gasteiger partial charge in [-0.1, -0.05) is 18.2 Å². The van der Waals surface area contributed by atoms with E-state index in [-0.39, 0.29) is 0 Å². The Bertz CT molecular complexity index is 766. The zero-order valence-corrected chi connectivity index (χ0v) is 11.2. The van der Waals surface area contributed by atoms with Crippen molar-refractivity contribution in [1.29, 1.82) is 0 Å². The van der Waals surface area contributed by atoms with Crippen molar-refractivity contribution in [3.8, 4) is 11.4 Å². The minimum atomic E-state index is -4.37. The van der Waals surface area contributed by atoms with Crippen molar-refractivity contribution in [3.05, 3.63) is 60.4 Å². The number of alkyl halides is 3. The van der Waals surface area contributed by atoms with E-state index in [1.807, 2.05) is 6.07 Å². The van der Waals surface area contributed by atoms with Gasteiger partial charge in [0, 0.05) is 16.9 Å². The highest BCUT2D eigenvalue weighted by Gasteiger charge is 2.30. The molecule has 22 heavy (non-hydrogen) atoms. The number of anilines is 2. The Morgan fingerprint density at radius 3 is 2.55 bits per heavy atom. The molecule has 3 rings (SSSR count). The second-order valence-electron chi connectivity index (χ2n) is 4.57. The molecule has 4 nitrogen and oxygen atoms in total. The van der Waals surface area contributed by atoms with Crippen LogP contribution in [0.15, 0.2) is 54.9 Å². The van der Waals surface area contributed by atoms with Crippen LogP contribution in [0.25, 0.3) is 11.4 Å². The molecule has 7 heteroatoms. The van der Waals surface area contributed by atoms with Gasteiger partial charge in [0.25, 0.3) is 0 Å². The molecule has 0 aliphatic heterocycles. The molecule has 0 fully saturated rings. The van der Waals surface area contributed by atoms with Crippen LogP contribution in [0, 0.1) is 0 Å². The van der Waals surface area contributed by atoms with Gasteiger partial charge in [0.1, 0.15) is 6.33 Å². The van der Waals surface area contributed by atoms with Gasteiger partial charge in [-0.3, -0.25) is 5.10 Å². The van der Waals surface area contributed by atoms with E-state index in [0.29, 0.717) is 22.8 Å². The van der Waals surface area contributed by atoms with Gasteiger partial charge in [-0.15, -0.1) is 0 Å². The van der Waals surface area contributed by atoms with Crippen LogP contribution in [0.5, 0.6) is 0 Å². The Hall–Kier alpha value is -2.83. The number of H-pyrrole nitrogens is 1. The SMILES string of the molecule is FC(F)(F)c1cccc(Nc2ccccc2-c2nc[nH]n2)c1. The van der Waals surface area contributed by atoms with Gasteiger partial charge in [0.15, 0.2) is 5.82 Å². The van der Waals surface area contributed by atoms with Gasteiger partial charge < -0.3 is 5.32 Å². The first-order chi connectivity index (χ1) is 10.5. The van der Waals surface area contributed by atoms with Crippen molar-refractivity contribution in [3.63, 3.8) is 0 Å². The Kier molecular flexibility index (Phi) is 3.54. The van der Waals surface area contributed by atoms with Crippen molar-refractivity contribution in [2.24, 2.45) is 0 Å². The van der Waals surface area contributed by atoms with Crippen molar-refractivity contribution >= 4 is 11.4 Å². The van der Waals surface area contributed by atoms with Crippen LogP contribution in [-0.4, -0.2) is 15.2 Å². The number of aromatic amines is 1. The zero-order chi connectivity index (χ0) is 15.6. The molecule has 0 unspecified atom stereocenters. The third-order valence-corrected chi connectivity index (χ3v) is 3.05. The predicted molar refractivity (Wildman–Crippen MR) is 76.5 cm³/mol. The number of hydrogen-bond acceptors (Lipinski definition) is 3. The van der Waals surface area contributed by atoms with Gasteiger partial charge in [0.2, 0.25) is 0 Å². The fraction of sp³-hybridized carbons (Fsp3) is 0.0667. The fourth-order valence-electron chi connectivity index (χ4n) is 2.05. The average Bonchev–Trinajstić information content (AvgIpc) is 3.01. The molecule has 2 N–H and O–H groups in total. The highest BCUT2D eigenvalue weighted by atomic mass is 19.4. The Morgan fingerprint density at radius 2 is 1.82 bits per heavy atom. The number of nitrogens with zero attached hydrogens (tertiary/aromatic N) is 2. The van der Waals surface area contributed by atoms with Crippen LogP contribution in [0.1, 0.15) is 5.56 Å². The van der Waals surface area contributed by atoms with E-state index >= 15 is 0 Å². The summed E-state index contributed by atoms with van der Waals surface area (Å²) in [6, 6.07) is 12.2. The maximum atomic E-state index is 12.8. The number of hydrogen-bond donors (Lipinski definition) is 2. The maximum absolute atomic E-state index is 12.8. The molecule has 0 spiro atoms. The van der Waals surface area contributed by atoms with E-state index in [9.17, 15) is 13.2 Å². The summed E-state index contributed by atoms with van der Waals surface area (Å²) in [5, 5.41) is 9.58. The highest BCUT2D eigenvalue weighted by molar-refractivity contribution is 5.77. The van der Waals surface area contributed by atoms with Gasteiger partial charge >= 0.3 is 6.18 Å². The first-order valence-electron chi connectivity index (χ1n) is 6.43. The van der Waals surface area contributed by atoms with E-state index in [0.717, 1.165) is 12.1 Å². The van der Waals surface area contributed by atoms with E-state index in [2.05, 4.69) is 20.5 Å². The Morgan fingerprint density at radius 1 is 1.00 bits per heavy atom. The molecular formula is C15H11F3N4. The molecule has 0 saturated heterocycles. The molecular weight excluding hydrogens is 293 g/mol. The number of para-hydroxylation sites is 1. The molecule has 0 bridgehead atoms. The summed E-state index contributed by atoms with van der Waals surface area (Å²) in [5.41, 5.74) is 0.966. The molecule has 0 aliphatic rings. The van der Waals surface area contributed by atoms with Crippen molar-refractivity contribution < 1.29 is 13.2 Å². The number of rotatable bonds is 3. The van der Waals surface area contributed by atoms with Crippen LogP contribution in [0.2, 0.25) is 0 Å². The van der Waals surface area contributed by atoms with E-state index in [1.54, 1.807) is 24.3 Å². The third kappa shape index (κ3) is 2.93. The van der Waals surface area contributed by atoms with Gasteiger partial charge in [0.05, 0.1) is 5.56 Å². The van der Waals surface area contributed by atoms with Crippen LogP contribution in [0.4, 0.5) is 24.5 Å². The summed E-state index contributed by atoms with van der Waals surface area (Å²) in [4.78, 5) is 4.06. The second kappa shape index (κ2) is 5.51. The predicted octanol–water partition coefficient (Wildman–Crippen LogP) is 4.23. The minimum absolute atomic E-state index is 0.345. The largest absolute Gasteiger partial charge is 0.416 e. The van der Waals surface area contributed by atoms with Crippen molar-refractivity contribution in [2.75, 3.05) is 5.32 Å². The molecule has 1 heterocycles. The number of nitrogens with one attached hydrogen (secondary N) is 2. The zero-order valence-electron chi connectivity index (χ0n) is 11.2. The van der Waals surface area contributed by atoms with Crippen LogP contribution in [0.3, 0.4) is 0 Å². The summed E-state index contributed by atoms with van der Waals surface area (Å²) < 4.78 is 38.3. The van der Waals surface area contributed by atoms with E-state index in [4.69, 9.17) is 0 Å². The smallest absolute Gasteiger partial charge is 0.355 e. The normalized spacial score (nSPS) is 11.4. The Balaban J connectivity index is 1.95. The first kappa shape index (κ1) is 14.1. The molecule has 0 atom stereocenters. The van der Waals surface area contributed by atoms with Crippen molar-refractivity contribution in [2.45, 2.75) is 6.18 Å². The lowest BCUT2D eigenvalue weighted by Crippen LogP contribution is -2.05. The third-order valence-electron chi connectivity index (χ3n) is 3.05. The lowest BCUT2D eigenvalue weighted by Gasteiger charge is -2.12. The summed E-state index contributed by atoms with van der Waals surface area (Å²) >= 11 is 0. The molecule has 0 saturated carbocycles. The van der Waals surface area contributed by atoms with E-state index in [1.165, 1.54) is 12.4 Å².